The van der Waals surface area contributed by atoms with Crippen molar-refractivity contribution in [1.29, 1.82) is 0 Å². The standard InChI is InChI=1S/C38H42FN3O4S/c1-28-20-22-33(23-21-28)47(45,46)42(35-19-10-9-18-34(35)39)27-37(43)41(26-31-15-11-12-29(2)24-31)36(25-30-13-5-3-6-14-30)38(44)40-32-16-7-4-8-17-32/h3,5-6,9-15,18-24,32,36H,4,7-8,16-17,25-27H2,1-2H3,(H,40,44). The normalized spacial score (nSPS) is 14.3. The molecule has 1 saturated carbocycles. The summed E-state index contributed by atoms with van der Waals surface area (Å²) >= 11 is 0. The van der Waals surface area contributed by atoms with E-state index in [0.29, 0.717) is 0 Å². The van der Waals surface area contributed by atoms with Crippen LogP contribution in [-0.2, 0) is 32.6 Å². The van der Waals surface area contributed by atoms with Crippen LogP contribution in [-0.4, -0.2) is 43.8 Å². The van der Waals surface area contributed by atoms with E-state index in [4.69, 9.17) is 0 Å². The zero-order valence-corrected chi connectivity index (χ0v) is 27.8. The molecule has 0 radical (unpaired) electrons. The Morgan fingerprint density at radius 3 is 2.15 bits per heavy atom. The zero-order valence-electron chi connectivity index (χ0n) is 26.9. The van der Waals surface area contributed by atoms with Crippen LogP contribution in [0.2, 0.25) is 0 Å². The Morgan fingerprint density at radius 1 is 0.809 bits per heavy atom. The predicted octanol–water partition coefficient (Wildman–Crippen LogP) is 6.73. The third-order valence-electron chi connectivity index (χ3n) is 8.67. The van der Waals surface area contributed by atoms with Gasteiger partial charge in [-0.15, -0.1) is 0 Å². The van der Waals surface area contributed by atoms with Crippen LogP contribution in [0.1, 0.15) is 54.4 Å². The lowest BCUT2D eigenvalue weighted by molar-refractivity contribution is -0.140. The zero-order chi connectivity index (χ0) is 33.4. The highest BCUT2D eigenvalue weighted by atomic mass is 32.2. The summed E-state index contributed by atoms with van der Waals surface area (Å²) in [6.45, 7) is 3.14. The first kappa shape index (κ1) is 33.9. The summed E-state index contributed by atoms with van der Waals surface area (Å²) in [5.74, 6) is -1.69. The molecule has 0 aromatic heterocycles. The number of carbonyl (C=O) groups excluding carboxylic acids is 2. The smallest absolute Gasteiger partial charge is 0.264 e. The summed E-state index contributed by atoms with van der Waals surface area (Å²) < 4.78 is 44.4. The van der Waals surface area contributed by atoms with Gasteiger partial charge in [-0.05, 0) is 62.1 Å². The Hall–Kier alpha value is -4.50. The number of benzene rings is 4. The number of sulfonamides is 1. The van der Waals surface area contributed by atoms with Crippen molar-refractivity contribution in [3.05, 3.63) is 131 Å². The summed E-state index contributed by atoms with van der Waals surface area (Å²) in [5, 5.41) is 3.20. The second-order valence-electron chi connectivity index (χ2n) is 12.3. The molecule has 1 unspecified atom stereocenters. The summed E-state index contributed by atoms with van der Waals surface area (Å²) in [5.41, 5.74) is 3.24. The second kappa shape index (κ2) is 15.4. The van der Waals surface area contributed by atoms with Crippen LogP contribution >= 0.6 is 0 Å². The fourth-order valence-electron chi connectivity index (χ4n) is 6.11. The van der Waals surface area contributed by atoms with Crippen molar-refractivity contribution in [3.8, 4) is 0 Å². The van der Waals surface area contributed by atoms with Gasteiger partial charge in [0.1, 0.15) is 18.4 Å². The van der Waals surface area contributed by atoms with Gasteiger partial charge in [-0.3, -0.25) is 13.9 Å². The Balaban J connectivity index is 1.57. The van der Waals surface area contributed by atoms with E-state index >= 15 is 4.39 Å². The minimum Gasteiger partial charge on any atom is -0.352 e. The van der Waals surface area contributed by atoms with Gasteiger partial charge in [0.15, 0.2) is 0 Å². The Labute approximate surface area is 277 Å². The van der Waals surface area contributed by atoms with Gasteiger partial charge in [0.25, 0.3) is 10.0 Å². The van der Waals surface area contributed by atoms with Gasteiger partial charge < -0.3 is 10.2 Å². The third kappa shape index (κ3) is 8.65. The van der Waals surface area contributed by atoms with Crippen molar-refractivity contribution in [3.63, 3.8) is 0 Å². The molecule has 1 fully saturated rings. The first-order chi connectivity index (χ1) is 22.6. The van der Waals surface area contributed by atoms with Gasteiger partial charge in [-0.2, -0.15) is 0 Å². The summed E-state index contributed by atoms with van der Waals surface area (Å²) in [7, 11) is -4.38. The Bertz CT molecular complexity index is 1770. The minimum atomic E-state index is -4.38. The van der Waals surface area contributed by atoms with Crippen molar-refractivity contribution in [1.82, 2.24) is 10.2 Å². The predicted molar refractivity (Wildman–Crippen MR) is 183 cm³/mol. The van der Waals surface area contributed by atoms with Crippen molar-refractivity contribution in [2.75, 3.05) is 10.8 Å². The number of para-hydroxylation sites is 1. The summed E-state index contributed by atoms with van der Waals surface area (Å²) in [6, 6.07) is 27.9. The van der Waals surface area contributed by atoms with Crippen molar-refractivity contribution >= 4 is 27.5 Å². The van der Waals surface area contributed by atoms with Crippen LogP contribution in [0.5, 0.6) is 0 Å². The maximum Gasteiger partial charge on any atom is 0.264 e. The number of carbonyl (C=O) groups is 2. The number of rotatable bonds is 12. The Kier molecular flexibility index (Phi) is 11.1. The van der Waals surface area contributed by atoms with Crippen LogP contribution < -0.4 is 9.62 Å². The lowest BCUT2D eigenvalue weighted by atomic mass is 9.94. The molecule has 9 heteroatoms. The molecule has 2 amide bonds. The van der Waals surface area contributed by atoms with Gasteiger partial charge in [0.05, 0.1) is 10.6 Å². The van der Waals surface area contributed by atoms with Gasteiger partial charge >= 0.3 is 0 Å². The van der Waals surface area contributed by atoms with E-state index in [1.165, 1.54) is 35.2 Å². The molecule has 0 saturated heterocycles. The molecular weight excluding hydrogens is 614 g/mol. The average Bonchev–Trinajstić information content (AvgIpc) is 3.06. The lowest BCUT2D eigenvalue weighted by Gasteiger charge is -2.35. The number of hydrogen-bond donors (Lipinski definition) is 1. The number of halogens is 1. The fourth-order valence-corrected chi connectivity index (χ4v) is 7.53. The van der Waals surface area contributed by atoms with E-state index in [0.717, 1.165) is 64.7 Å². The Morgan fingerprint density at radius 2 is 1.47 bits per heavy atom. The molecule has 4 aromatic rings. The number of anilines is 1. The molecule has 0 aliphatic heterocycles. The monoisotopic (exact) mass is 655 g/mol. The van der Waals surface area contributed by atoms with E-state index in [2.05, 4.69) is 5.32 Å². The summed E-state index contributed by atoms with van der Waals surface area (Å²) in [4.78, 5) is 30.2. The molecule has 1 atom stereocenters. The SMILES string of the molecule is Cc1ccc(S(=O)(=O)N(CC(=O)N(Cc2cccc(C)c2)C(Cc2ccccc2)C(=O)NC2CCCCC2)c2ccccc2F)cc1. The van der Waals surface area contributed by atoms with E-state index < -0.39 is 34.3 Å². The highest BCUT2D eigenvalue weighted by Crippen LogP contribution is 2.28. The average molecular weight is 656 g/mol. The maximum atomic E-state index is 15.3. The van der Waals surface area contributed by atoms with Crippen LogP contribution in [0.25, 0.3) is 0 Å². The van der Waals surface area contributed by atoms with Crippen LogP contribution in [0.4, 0.5) is 10.1 Å². The molecular formula is C38H42FN3O4S. The van der Waals surface area contributed by atoms with Gasteiger partial charge in [0.2, 0.25) is 11.8 Å². The first-order valence-electron chi connectivity index (χ1n) is 16.1. The van der Waals surface area contributed by atoms with Crippen LogP contribution in [0.3, 0.4) is 0 Å². The minimum absolute atomic E-state index is 0.00210. The molecule has 1 aliphatic carbocycles. The topological polar surface area (TPSA) is 86.8 Å². The number of amides is 2. The van der Waals surface area contributed by atoms with Crippen molar-refractivity contribution < 1.29 is 22.4 Å². The summed E-state index contributed by atoms with van der Waals surface area (Å²) in [6.07, 6.45) is 5.13. The largest absolute Gasteiger partial charge is 0.352 e. The number of aryl methyl sites for hydroxylation is 2. The quantitative estimate of drug-likeness (QED) is 0.184. The first-order valence-corrected chi connectivity index (χ1v) is 17.6. The number of hydrogen-bond acceptors (Lipinski definition) is 4. The van der Waals surface area contributed by atoms with Gasteiger partial charge in [-0.25, -0.2) is 12.8 Å². The molecule has 246 valence electrons. The van der Waals surface area contributed by atoms with E-state index in [1.54, 1.807) is 12.1 Å². The molecule has 0 bridgehead atoms. The third-order valence-corrected chi connectivity index (χ3v) is 10.4. The van der Waals surface area contributed by atoms with Crippen LogP contribution in [0, 0.1) is 19.7 Å². The van der Waals surface area contributed by atoms with E-state index in [-0.39, 0.29) is 35.5 Å². The number of nitrogens with one attached hydrogen (secondary N) is 1. The number of nitrogens with zero attached hydrogens (tertiary/aromatic N) is 2. The van der Waals surface area contributed by atoms with Crippen LogP contribution in [0.15, 0.2) is 108 Å². The second-order valence-corrected chi connectivity index (χ2v) is 14.2. The molecule has 7 nitrogen and oxygen atoms in total. The molecule has 4 aromatic carbocycles. The lowest BCUT2D eigenvalue weighted by Crippen LogP contribution is -2.55. The van der Waals surface area contributed by atoms with Gasteiger partial charge in [0, 0.05) is 19.0 Å². The molecule has 1 aliphatic rings. The molecule has 5 rings (SSSR count). The van der Waals surface area contributed by atoms with Gasteiger partial charge in [-0.1, -0.05) is 109 Å². The maximum absolute atomic E-state index is 15.3. The van der Waals surface area contributed by atoms with E-state index in [1.807, 2.05) is 68.4 Å². The highest BCUT2D eigenvalue weighted by molar-refractivity contribution is 7.92. The van der Waals surface area contributed by atoms with Crippen molar-refractivity contribution in [2.24, 2.45) is 0 Å². The highest BCUT2D eigenvalue weighted by Gasteiger charge is 2.36. The van der Waals surface area contributed by atoms with E-state index in [9.17, 15) is 18.0 Å². The molecule has 1 N–H and O–H groups in total. The molecule has 47 heavy (non-hydrogen) atoms. The van der Waals surface area contributed by atoms with Crippen molar-refractivity contribution in [2.45, 2.75) is 75.9 Å². The molecule has 0 spiro atoms. The fraction of sp³-hybridized carbons (Fsp3) is 0.316. The molecule has 0 heterocycles.